The van der Waals surface area contributed by atoms with Gasteiger partial charge >= 0.3 is 0 Å². The normalized spacial score (nSPS) is 10.6. The summed E-state index contributed by atoms with van der Waals surface area (Å²) in [5, 5.41) is 0.692. The maximum absolute atomic E-state index is 11.9. The minimum absolute atomic E-state index is 0.0856. The molecule has 2 N–H and O–H groups in total. The van der Waals surface area contributed by atoms with E-state index in [1.54, 1.807) is 0 Å². The number of rotatable bonds is 5. The van der Waals surface area contributed by atoms with Crippen LogP contribution < -0.4 is 5.73 Å². The lowest BCUT2D eigenvalue weighted by Gasteiger charge is -2.27. The van der Waals surface area contributed by atoms with Gasteiger partial charge in [-0.05, 0) is 31.5 Å². The highest BCUT2D eigenvalue weighted by molar-refractivity contribution is 6.30. The molecule has 3 nitrogen and oxygen atoms in total. The summed E-state index contributed by atoms with van der Waals surface area (Å²) in [7, 11) is 0. The highest BCUT2D eigenvalue weighted by Gasteiger charge is 2.16. The molecule has 0 bridgehead atoms. The Hall–Kier alpha value is -1.06. The lowest BCUT2D eigenvalue weighted by Crippen LogP contribution is -2.37. The zero-order valence-electron chi connectivity index (χ0n) is 10.3. The molecule has 0 heterocycles. The van der Waals surface area contributed by atoms with Gasteiger partial charge in [0.15, 0.2) is 0 Å². The first-order chi connectivity index (χ1) is 8.04. The number of amides is 1. The number of carbonyl (C=O) groups is 1. The zero-order chi connectivity index (χ0) is 12.8. The maximum atomic E-state index is 11.9. The zero-order valence-corrected chi connectivity index (χ0v) is 11.1. The van der Waals surface area contributed by atoms with E-state index >= 15 is 0 Å². The van der Waals surface area contributed by atoms with E-state index in [9.17, 15) is 4.79 Å². The van der Waals surface area contributed by atoms with Crippen molar-refractivity contribution in [2.24, 2.45) is 5.73 Å². The van der Waals surface area contributed by atoms with Crippen molar-refractivity contribution in [3.05, 3.63) is 34.9 Å². The van der Waals surface area contributed by atoms with Crippen LogP contribution in [0.3, 0.4) is 0 Å². The first-order valence-corrected chi connectivity index (χ1v) is 6.16. The van der Waals surface area contributed by atoms with Gasteiger partial charge in [0.2, 0.25) is 5.91 Å². The fourth-order valence-electron chi connectivity index (χ4n) is 1.66. The van der Waals surface area contributed by atoms with E-state index in [2.05, 4.69) is 0 Å². The number of carbonyl (C=O) groups excluding carboxylic acids is 1. The predicted octanol–water partition coefficient (Wildman–Crippen LogP) is 2.43. The van der Waals surface area contributed by atoms with Crippen LogP contribution in [0.5, 0.6) is 0 Å². The van der Waals surface area contributed by atoms with Crippen molar-refractivity contribution in [1.29, 1.82) is 0 Å². The van der Waals surface area contributed by atoms with Crippen molar-refractivity contribution in [2.75, 3.05) is 6.54 Å². The molecular formula is C13H19ClN2O. The van der Waals surface area contributed by atoms with E-state index in [1.165, 1.54) is 0 Å². The third kappa shape index (κ3) is 4.36. The van der Waals surface area contributed by atoms with Gasteiger partial charge in [-0.3, -0.25) is 4.79 Å². The Morgan fingerprint density at radius 3 is 2.71 bits per heavy atom. The molecule has 0 aliphatic heterocycles. The van der Waals surface area contributed by atoms with Gasteiger partial charge < -0.3 is 10.6 Å². The predicted molar refractivity (Wildman–Crippen MR) is 70.8 cm³/mol. The molecule has 0 saturated carbocycles. The molecule has 1 rings (SSSR count). The second kappa shape index (κ2) is 6.62. The Balaban J connectivity index is 2.76. The molecule has 0 atom stereocenters. The van der Waals surface area contributed by atoms with Crippen LogP contribution in [-0.4, -0.2) is 23.4 Å². The summed E-state index contributed by atoms with van der Waals surface area (Å²) in [6.45, 7) is 4.96. The van der Waals surface area contributed by atoms with Gasteiger partial charge in [-0.2, -0.15) is 0 Å². The van der Waals surface area contributed by atoms with E-state index in [1.807, 2.05) is 43.0 Å². The number of hydrogen-bond acceptors (Lipinski definition) is 2. The molecule has 0 radical (unpaired) electrons. The van der Waals surface area contributed by atoms with Crippen molar-refractivity contribution < 1.29 is 4.79 Å². The Morgan fingerprint density at radius 1 is 1.47 bits per heavy atom. The summed E-state index contributed by atoms with van der Waals surface area (Å²) >= 11 is 5.93. The Labute approximate surface area is 108 Å². The third-order valence-corrected chi connectivity index (χ3v) is 2.78. The monoisotopic (exact) mass is 254 g/mol. The molecule has 0 fully saturated rings. The summed E-state index contributed by atoms with van der Waals surface area (Å²) < 4.78 is 0. The number of hydrogen-bond donors (Lipinski definition) is 1. The molecule has 17 heavy (non-hydrogen) atoms. The average molecular weight is 255 g/mol. The molecule has 1 aromatic rings. The van der Waals surface area contributed by atoms with Crippen LogP contribution in [-0.2, 0) is 11.3 Å². The first kappa shape index (κ1) is 14.0. The molecule has 1 aromatic carbocycles. The minimum atomic E-state index is 0.0856. The molecule has 0 aromatic heterocycles. The van der Waals surface area contributed by atoms with E-state index in [0.29, 0.717) is 24.5 Å². The van der Waals surface area contributed by atoms with Gasteiger partial charge in [0.25, 0.3) is 0 Å². The van der Waals surface area contributed by atoms with Crippen LogP contribution in [0, 0.1) is 0 Å². The van der Waals surface area contributed by atoms with Crippen LogP contribution in [0.15, 0.2) is 24.3 Å². The van der Waals surface area contributed by atoms with Crippen LogP contribution in [0.25, 0.3) is 0 Å². The number of nitrogens with two attached hydrogens (primary N) is 1. The SMILES string of the molecule is CC(C)N(Cc1cccc(Cl)c1)C(=O)CCN. The van der Waals surface area contributed by atoms with Crippen molar-refractivity contribution in [3.63, 3.8) is 0 Å². The standard InChI is InChI=1S/C13H19ClN2O/c1-10(2)16(13(17)6-7-15)9-11-4-3-5-12(14)8-11/h3-5,8,10H,6-7,9,15H2,1-2H3. The number of benzene rings is 1. The van der Waals surface area contributed by atoms with Gasteiger partial charge in [0.1, 0.15) is 0 Å². The summed E-state index contributed by atoms with van der Waals surface area (Å²) in [4.78, 5) is 13.7. The van der Waals surface area contributed by atoms with E-state index in [4.69, 9.17) is 17.3 Å². The summed E-state index contributed by atoms with van der Waals surface area (Å²) in [5.41, 5.74) is 6.45. The molecule has 0 spiro atoms. The molecule has 94 valence electrons. The second-order valence-corrected chi connectivity index (χ2v) is 4.72. The molecule has 0 saturated heterocycles. The Bertz CT molecular complexity index is 379. The Morgan fingerprint density at radius 2 is 2.18 bits per heavy atom. The van der Waals surface area contributed by atoms with Gasteiger partial charge in [-0.25, -0.2) is 0 Å². The molecular weight excluding hydrogens is 236 g/mol. The molecule has 0 aliphatic rings. The summed E-state index contributed by atoms with van der Waals surface area (Å²) in [6.07, 6.45) is 0.388. The lowest BCUT2D eigenvalue weighted by molar-refractivity contribution is -0.133. The fourth-order valence-corrected chi connectivity index (χ4v) is 1.87. The third-order valence-electron chi connectivity index (χ3n) is 2.54. The highest BCUT2D eigenvalue weighted by Crippen LogP contribution is 2.14. The van der Waals surface area contributed by atoms with Crippen molar-refractivity contribution >= 4 is 17.5 Å². The highest BCUT2D eigenvalue weighted by atomic mass is 35.5. The Kier molecular flexibility index (Phi) is 5.45. The first-order valence-electron chi connectivity index (χ1n) is 5.78. The fraction of sp³-hybridized carbons (Fsp3) is 0.462. The van der Waals surface area contributed by atoms with E-state index in [-0.39, 0.29) is 11.9 Å². The quantitative estimate of drug-likeness (QED) is 0.877. The van der Waals surface area contributed by atoms with Gasteiger partial charge in [0.05, 0.1) is 0 Å². The van der Waals surface area contributed by atoms with Gasteiger partial charge in [0, 0.05) is 30.6 Å². The van der Waals surface area contributed by atoms with Crippen LogP contribution in [0.4, 0.5) is 0 Å². The van der Waals surface area contributed by atoms with Crippen molar-refractivity contribution in [1.82, 2.24) is 4.90 Å². The van der Waals surface area contributed by atoms with Crippen LogP contribution >= 0.6 is 11.6 Å². The van der Waals surface area contributed by atoms with Crippen LogP contribution in [0.2, 0.25) is 5.02 Å². The van der Waals surface area contributed by atoms with E-state index in [0.717, 1.165) is 5.56 Å². The van der Waals surface area contributed by atoms with E-state index < -0.39 is 0 Å². The molecule has 0 aliphatic carbocycles. The summed E-state index contributed by atoms with van der Waals surface area (Å²) in [6, 6.07) is 7.73. The molecule has 4 heteroatoms. The smallest absolute Gasteiger partial charge is 0.224 e. The van der Waals surface area contributed by atoms with Crippen LogP contribution in [0.1, 0.15) is 25.8 Å². The number of halogens is 1. The molecule has 1 amide bonds. The second-order valence-electron chi connectivity index (χ2n) is 4.28. The average Bonchev–Trinajstić information content (AvgIpc) is 2.26. The lowest BCUT2D eigenvalue weighted by atomic mass is 10.1. The maximum Gasteiger partial charge on any atom is 0.224 e. The topological polar surface area (TPSA) is 46.3 Å². The van der Waals surface area contributed by atoms with Gasteiger partial charge in [-0.15, -0.1) is 0 Å². The van der Waals surface area contributed by atoms with Crippen molar-refractivity contribution in [3.8, 4) is 0 Å². The largest absolute Gasteiger partial charge is 0.336 e. The number of nitrogens with zero attached hydrogens (tertiary/aromatic N) is 1. The summed E-state index contributed by atoms with van der Waals surface area (Å²) in [5.74, 6) is 0.0856. The molecule has 0 unspecified atom stereocenters. The minimum Gasteiger partial charge on any atom is -0.336 e. The van der Waals surface area contributed by atoms with Gasteiger partial charge in [-0.1, -0.05) is 23.7 Å². The van der Waals surface area contributed by atoms with Crippen molar-refractivity contribution in [2.45, 2.75) is 32.9 Å².